The van der Waals surface area contributed by atoms with E-state index < -0.39 is 64.9 Å². The monoisotopic (exact) mass is 598 g/mol. The summed E-state index contributed by atoms with van der Waals surface area (Å²) < 4.78 is 72.4. The number of fused-ring (bicyclic) bond motifs is 1. The maximum atomic E-state index is 15.1. The van der Waals surface area contributed by atoms with E-state index in [1.807, 2.05) is 0 Å². The summed E-state index contributed by atoms with van der Waals surface area (Å²) in [4.78, 5) is 34.0. The Hall–Kier alpha value is -3.34. The number of aliphatic carboxylic acids is 1. The first-order valence-corrected chi connectivity index (χ1v) is 14.5. The molecule has 1 amide bonds. The van der Waals surface area contributed by atoms with Crippen molar-refractivity contribution < 1.29 is 36.3 Å². The second-order valence-electron chi connectivity index (χ2n) is 9.81. The van der Waals surface area contributed by atoms with Gasteiger partial charge in [-0.1, -0.05) is 12.1 Å². The van der Waals surface area contributed by atoms with Gasteiger partial charge in [0.25, 0.3) is 5.92 Å². The molecule has 11 nitrogen and oxygen atoms in total. The van der Waals surface area contributed by atoms with Crippen LogP contribution >= 0.6 is 11.3 Å². The number of carboxylic acid groups (broad SMARTS) is 1. The Morgan fingerprint density at radius 3 is 2.70 bits per heavy atom. The Kier molecular flexibility index (Phi) is 7.22. The van der Waals surface area contributed by atoms with Gasteiger partial charge in [-0.25, -0.2) is 27.7 Å². The zero-order valence-electron chi connectivity index (χ0n) is 21.3. The fraction of sp³-hybridized carbons (Fsp3) is 0.417. The van der Waals surface area contributed by atoms with Gasteiger partial charge < -0.3 is 10.4 Å². The quantitative estimate of drug-likeness (QED) is 0.437. The first kappa shape index (κ1) is 28.2. The normalized spacial score (nSPS) is 24.9. The van der Waals surface area contributed by atoms with Gasteiger partial charge in [-0.15, -0.1) is 11.3 Å². The molecule has 40 heavy (non-hydrogen) atoms. The molecule has 3 aliphatic rings. The fourth-order valence-electron chi connectivity index (χ4n) is 5.43. The van der Waals surface area contributed by atoms with Gasteiger partial charge in [-0.3, -0.25) is 14.7 Å². The molecule has 0 spiro atoms. The van der Waals surface area contributed by atoms with Gasteiger partial charge in [0.05, 0.1) is 18.0 Å². The highest BCUT2D eigenvalue weighted by molar-refractivity contribution is 7.87. The van der Waals surface area contributed by atoms with Crippen LogP contribution in [0.5, 0.6) is 0 Å². The third-order valence-corrected chi connectivity index (χ3v) is 9.55. The number of nitrogens with one attached hydrogen (secondary N) is 2. The van der Waals surface area contributed by atoms with Crippen LogP contribution in [0.1, 0.15) is 29.1 Å². The highest BCUT2D eigenvalue weighted by Gasteiger charge is 2.59. The first-order chi connectivity index (χ1) is 18.8. The molecule has 2 saturated heterocycles. The van der Waals surface area contributed by atoms with E-state index in [1.165, 1.54) is 41.5 Å². The van der Waals surface area contributed by atoms with Crippen molar-refractivity contribution in [1.29, 1.82) is 0 Å². The Bertz CT molecular complexity index is 1530. The van der Waals surface area contributed by atoms with E-state index >= 15 is 8.78 Å². The zero-order chi connectivity index (χ0) is 29.0. The van der Waals surface area contributed by atoms with Crippen molar-refractivity contribution in [2.45, 2.75) is 31.9 Å². The number of amides is 1. The summed E-state index contributed by atoms with van der Waals surface area (Å²) in [6, 6.07) is 2.11. The van der Waals surface area contributed by atoms with Crippen molar-refractivity contribution in [3.05, 3.63) is 63.0 Å². The number of carbonyl (C=O) groups excluding carboxylic acids is 1. The van der Waals surface area contributed by atoms with Crippen LogP contribution in [0.15, 0.2) is 46.0 Å². The third kappa shape index (κ3) is 5.11. The molecule has 16 heteroatoms. The van der Waals surface area contributed by atoms with Gasteiger partial charge in [-0.2, -0.15) is 12.7 Å². The molecular formula is C24H25F3N6O5S2. The molecule has 0 bridgehead atoms. The lowest BCUT2D eigenvalue weighted by Crippen LogP contribution is -2.46. The standard InChI is InChI=1S/C24H25F3N6O5S2/c1-12-14(4-3-5-16(12)25)20-19(23(35)36)17(29-21(30-20)22-28-6-7-39-22)9-32-11-24(26,27)15-8-33(10-18(15)32)40(37,38)31-13(2)34/h3-7,15,18,20H,8-11H2,1-2H3,(H,29,30)(H,31,34)(H,35,36)/t15?,18?,20-/m0/s1. The number of amidine groups is 1. The van der Waals surface area contributed by atoms with Crippen molar-refractivity contribution in [3.63, 3.8) is 0 Å². The molecule has 0 radical (unpaired) electrons. The maximum Gasteiger partial charge on any atom is 0.335 e. The van der Waals surface area contributed by atoms with Crippen LogP contribution < -0.4 is 10.0 Å². The van der Waals surface area contributed by atoms with Gasteiger partial charge >= 0.3 is 16.2 Å². The molecule has 3 atom stereocenters. The average Bonchev–Trinajstić information content (AvgIpc) is 3.59. The molecule has 5 rings (SSSR count). The lowest BCUT2D eigenvalue weighted by atomic mass is 9.92. The molecule has 214 valence electrons. The molecule has 3 N–H and O–H groups in total. The zero-order valence-corrected chi connectivity index (χ0v) is 22.9. The number of halogens is 3. The molecule has 2 aromatic rings. The number of aliphatic imine (C=N–C) groups is 1. The van der Waals surface area contributed by atoms with Crippen LogP contribution in [-0.4, -0.2) is 83.6 Å². The molecule has 2 unspecified atom stereocenters. The third-order valence-electron chi connectivity index (χ3n) is 7.25. The predicted octanol–water partition coefficient (Wildman–Crippen LogP) is 1.65. The molecule has 1 aromatic heterocycles. The van der Waals surface area contributed by atoms with Crippen molar-refractivity contribution in [1.82, 2.24) is 24.2 Å². The lowest BCUT2D eigenvalue weighted by Gasteiger charge is -2.31. The summed E-state index contributed by atoms with van der Waals surface area (Å²) in [7, 11) is -4.33. The number of likely N-dealkylation sites (tertiary alicyclic amines) is 1. The van der Waals surface area contributed by atoms with E-state index in [0.717, 1.165) is 11.2 Å². The topological polar surface area (TPSA) is 144 Å². The van der Waals surface area contributed by atoms with Gasteiger partial charge in [0.1, 0.15) is 11.9 Å². The Morgan fingerprint density at radius 1 is 1.30 bits per heavy atom. The summed E-state index contributed by atoms with van der Waals surface area (Å²) in [6.07, 6.45) is 1.52. The summed E-state index contributed by atoms with van der Waals surface area (Å²) in [5, 5.41) is 15.3. The fourth-order valence-corrected chi connectivity index (χ4v) is 7.21. The van der Waals surface area contributed by atoms with Crippen molar-refractivity contribution in [2.75, 3.05) is 26.2 Å². The van der Waals surface area contributed by atoms with E-state index in [-0.39, 0.29) is 35.8 Å². The average molecular weight is 599 g/mol. The second kappa shape index (κ2) is 10.2. The summed E-state index contributed by atoms with van der Waals surface area (Å²) in [6.45, 7) is 0.634. The number of thiazole rings is 1. The number of aromatic nitrogens is 1. The summed E-state index contributed by atoms with van der Waals surface area (Å²) >= 11 is 1.22. The molecule has 0 aliphatic carbocycles. The lowest BCUT2D eigenvalue weighted by molar-refractivity contribution is -0.133. The SMILES string of the molecule is CC(=O)NS(=O)(=O)N1CC2C(C1)C(F)(F)CN2CC1=C(C(=O)O)[C@H](c2cccc(F)c2C)N=C(c2nccs2)N1. The van der Waals surface area contributed by atoms with Gasteiger partial charge in [0, 0.05) is 49.9 Å². The number of carboxylic acids is 1. The number of hydrogen-bond acceptors (Lipinski definition) is 9. The summed E-state index contributed by atoms with van der Waals surface area (Å²) in [5.41, 5.74) is 0.295. The van der Waals surface area contributed by atoms with Crippen LogP contribution in [0, 0.1) is 18.7 Å². The van der Waals surface area contributed by atoms with E-state index in [0.29, 0.717) is 10.6 Å². The van der Waals surface area contributed by atoms with E-state index in [1.54, 1.807) is 16.2 Å². The van der Waals surface area contributed by atoms with E-state index in [4.69, 9.17) is 0 Å². The Labute approximate surface area is 231 Å². The largest absolute Gasteiger partial charge is 0.478 e. The molecule has 4 heterocycles. The first-order valence-electron chi connectivity index (χ1n) is 12.1. The van der Waals surface area contributed by atoms with Crippen LogP contribution in [0.4, 0.5) is 13.2 Å². The van der Waals surface area contributed by atoms with Gasteiger partial charge in [0.15, 0.2) is 10.8 Å². The number of hydrogen-bond donors (Lipinski definition) is 3. The number of rotatable bonds is 7. The molecular weight excluding hydrogens is 573 g/mol. The highest BCUT2D eigenvalue weighted by atomic mass is 32.2. The minimum atomic E-state index is -4.33. The Morgan fingerprint density at radius 2 is 2.05 bits per heavy atom. The highest BCUT2D eigenvalue weighted by Crippen LogP contribution is 2.44. The number of alkyl halides is 2. The summed E-state index contributed by atoms with van der Waals surface area (Å²) in [5.74, 6) is -7.23. The second-order valence-corrected chi connectivity index (χ2v) is 12.4. The number of nitrogens with zero attached hydrogens (tertiary/aromatic N) is 4. The van der Waals surface area contributed by atoms with Gasteiger partial charge in [0.2, 0.25) is 5.91 Å². The van der Waals surface area contributed by atoms with Crippen molar-refractivity contribution in [2.24, 2.45) is 10.9 Å². The Balaban J connectivity index is 1.54. The molecule has 3 aliphatic heterocycles. The van der Waals surface area contributed by atoms with E-state index in [9.17, 15) is 27.5 Å². The number of carbonyl (C=O) groups is 2. The van der Waals surface area contributed by atoms with Crippen molar-refractivity contribution in [3.8, 4) is 0 Å². The van der Waals surface area contributed by atoms with Crippen molar-refractivity contribution >= 4 is 39.3 Å². The van der Waals surface area contributed by atoms with Crippen LogP contribution in [-0.2, 0) is 19.8 Å². The number of benzene rings is 1. The maximum absolute atomic E-state index is 15.1. The minimum Gasteiger partial charge on any atom is -0.478 e. The molecule has 2 fully saturated rings. The predicted molar refractivity (Wildman–Crippen MR) is 138 cm³/mol. The van der Waals surface area contributed by atoms with Gasteiger partial charge in [-0.05, 0) is 24.1 Å². The van der Waals surface area contributed by atoms with E-state index in [2.05, 4.69) is 15.3 Å². The van der Waals surface area contributed by atoms with Crippen LogP contribution in [0.25, 0.3) is 0 Å². The molecule has 1 aromatic carbocycles. The van der Waals surface area contributed by atoms with Crippen LogP contribution in [0.3, 0.4) is 0 Å². The molecule has 0 saturated carbocycles. The minimum absolute atomic E-state index is 0.0565. The van der Waals surface area contributed by atoms with Crippen LogP contribution in [0.2, 0.25) is 0 Å². The smallest absolute Gasteiger partial charge is 0.335 e.